The monoisotopic (exact) mass is 200 g/mol. The summed E-state index contributed by atoms with van der Waals surface area (Å²) in [7, 11) is 0. The maximum Gasteiger partial charge on any atom is 0.124 e. The van der Waals surface area contributed by atoms with Crippen LogP contribution in [0.5, 0.6) is 11.5 Å². The summed E-state index contributed by atoms with van der Waals surface area (Å²) < 4.78 is 10.6. The van der Waals surface area contributed by atoms with Crippen LogP contribution in [0.15, 0.2) is 18.2 Å². The maximum atomic E-state index is 5.86. The topological polar surface area (TPSA) is 18.5 Å². The van der Waals surface area contributed by atoms with Gasteiger partial charge >= 0.3 is 0 Å². The smallest absolute Gasteiger partial charge is 0.124 e. The zero-order valence-electron chi connectivity index (χ0n) is 7.84. The first-order valence-electron chi connectivity index (χ1n) is 4.32. The lowest BCUT2D eigenvalue weighted by atomic mass is 10.3. The van der Waals surface area contributed by atoms with Crippen molar-refractivity contribution in [2.75, 3.05) is 13.2 Å². The Labute approximate surface area is 83.4 Å². The second-order valence-corrected chi connectivity index (χ2v) is 2.93. The Morgan fingerprint density at radius 1 is 1.00 bits per heavy atom. The zero-order valence-corrected chi connectivity index (χ0v) is 8.60. The Bertz CT molecular complexity index is 249. The van der Waals surface area contributed by atoms with E-state index >= 15 is 0 Å². The predicted octanol–water partition coefficient (Wildman–Crippen LogP) is 3.14. The van der Waals surface area contributed by atoms with Gasteiger partial charge < -0.3 is 9.47 Å². The molecule has 0 heterocycles. The molecule has 0 saturated carbocycles. The molecule has 0 aliphatic heterocycles. The minimum atomic E-state index is 0.631. The first kappa shape index (κ1) is 10.2. The number of ether oxygens (including phenoxy) is 2. The normalized spacial score (nSPS) is 9.77. The fourth-order valence-electron chi connectivity index (χ4n) is 1.04. The Balaban J connectivity index is 2.83. The van der Waals surface area contributed by atoms with E-state index in [-0.39, 0.29) is 0 Å². The van der Waals surface area contributed by atoms with Crippen LogP contribution in [-0.4, -0.2) is 13.2 Å². The van der Waals surface area contributed by atoms with E-state index in [2.05, 4.69) is 0 Å². The first-order chi connectivity index (χ1) is 6.26. The van der Waals surface area contributed by atoms with Crippen molar-refractivity contribution in [1.82, 2.24) is 0 Å². The molecule has 0 spiro atoms. The van der Waals surface area contributed by atoms with Crippen molar-refractivity contribution in [3.05, 3.63) is 23.2 Å². The zero-order chi connectivity index (χ0) is 9.68. The first-order valence-corrected chi connectivity index (χ1v) is 4.70. The SMILES string of the molecule is CCOc1cc(Cl)cc(OCC)c1. The molecule has 0 unspecified atom stereocenters. The highest BCUT2D eigenvalue weighted by molar-refractivity contribution is 6.30. The van der Waals surface area contributed by atoms with Crippen LogP contribution >= 0.6 is 11.6 Å². The molecule has 1 rings (SSSR count). The number of hydrogen-bond acceptors (Lipinski definition) is 2. The van der Waals surface area contributed by atoms with Gasteiger partial charge in [-0.2, -0.15) is 0 Å². The van der Waals surface area contributed by atoms with Crippen molar-refractivity contribution < 1.29 is 9.47 Å². The number of hydrogen-bond donors (Lipinski definition) is 0. The summed E-state index contributed by atoms with van der Waals surface area (Å²) >= 11 is 5.86. The van der Waals surface area contributed by atoms with Crippen LogP contribution in [0, 0.1) is 0 Å². The van der Waals surface area contributed by atoms with Crippen LogP contribution in [-0.2, 0) is 0 Å². The van der Waals surface area contributed by atoms with Gasteiger partial charge in [0.2, 0.25) is 0 Å². The minimum absolute atomic E-state index is 0.631. The van der Waals surface area contributed by atoms with Crippen LogP contribution in [0.3, 0.4) is 0 Å². The molecule has 72 valence electrons. The van der Waals surface area contributed by atoms with Crippen molar-refractivity contribution in [3.63, 3.8) is 0 Å². The largest absolute Gasteiger partial charge is 0.494 e. The van der Waals surface area contributed by atoms with Gasteiger partial charge in [-0.15, -0.1) is 0 Å². The predicted molar refractivity (Wildman–Crippen MR) is 53.8 cm³/mol. The highest BCUT2D eigenvalue weighted by Crippen LogP contribution is 2.25. The third-order valence-corrected chi connectivity index (χ3v) is 1.69. The highest BCUT2D eigenvalue weighted by Gasteiger charge is 2.00. The lowest BCUT2D eigenvalue weighted by Crippen LogP contribution is -1.94. The minimum Gasteiger partial charge on any atom is -0.494 e. The van der Waals surface area contributed by atoms with E-state index in [1.807, 2.05) is 19.9 Å². The third kappa shape index (κ3) is 3.15. The summed E-state index contributed by atoms with van der Waals surface area (Å²) in [5.41, 5.74) is 0. The lowest BCUT2D eigenvalue weighted by molar-refractivity contribution is 0.323. The van der Waals surface area contributed by atoms with Gasteiger partial charge in [0, 0.05) is 11.1 Å². The molecule has 0 aliphatic carbocycles. The molecule has 0 radical (unpaired) electrons. The van der Waals surface area contributed by atoms with Crippen LogP contribution in [0.25, 0.3) is 0 Å². The highest BCUT2D eigenvalue weighted by atomic mass is 35.5. The van der Waals surface area contributed by atoms with Gasteiger partial charge in [0.25, 0.3) is 0 Å². The van der Waals surface area contributed by atoms with Crippen LogP contribution in [0.1, 0.15) is 13.8 Å². The van der Waals surface area contributed by atoms with Gasteiger partial charge in [0.15, 0.2) is 0 Å². The van der Waals surface area contributed by atoms with Gasteiger partial charge in [0.1, 0.15) is 11.5 Å². The molecule has 0 N–H and O–H groups in total. The molecule has 2 nitrogen and oxygen atoms in total. The van der Waals surface area contributed by atoms with Crippen LogP contribution in [0.2, 0.25) is 5.02 Å². The second kappa shape index (κ2) is 4.97. The molecule has 1 aromatic rings. The van der Waals surface area contributed by atoms with Crippen LogP contribution in [0.4, 0.5) is 0 Å². The summed E-state index contributed by atoms with van der Waals surface area (Å²) in [4.78, 5) is 0. The molecule has 0 aromatic heterocycles. The van der Waals surface area contributed by atoms with Crippen molar-refractivity contribution in [2.24, 2.45) is 0 Å². The van der Waals surface area contributed by atoms with Crippen LogP contribution < -0.4 is 9.47 Å². The van der Waals surface area contributed by atoms with Gasteiger partial charge in [-0.1, -0.05) is 11.6 Å². The average Bonchev–Trinajstić information content (AvgIpc) is 2.04. The molecular formula is C10H13ClO2. The van der Waals surface area contributed by atoms with Crippen molar-refractivity contribution in [3.8, 4) is 11.5 Å². The van der Waals surface area contributed by atoms with Crippen molar-refractivity contribution >= 4 is 11.6 Å². The van der Waals surface area contributed by atoms with E-state index in [1.54, 1.807) is 12.1 Å². The lowest BCUT2D eigenvalue weighted by Gasteiger charge is -2.07. The van der Waals surface area contributed by atoms with Gasteiger partial charge in [-0.3, -0.25) is 0 Å². The number of benzene rings is 1. The Hall–Kier alpha value is -0.890. The fraction of sp³-hybridized carbons (Fsp3) is 0.400. The molecule has 0 saturated heterocycles. The van der Waals surface area contributed by atoms with E-state index < -0.39 is 0 Å². The molecular weight excluding hydrogens is 188 g/mol. The fourth-order valence-corrected chi connectivity index (χ4v) is 1.25. The summed E-state index contributed by atoms with van der Waals surface area (Å²) in [6.45, 7) is 5.13. The molecule has 1 aromatic carbocycles. The number of rotatable bonds is 4. The summed E-state index contributed by atoms with van der Waals surface area (Å²) in [5, 5.41) is 0.634. The molecule has 0 bridgehead atoms. The molecule has 13 heavy (non-hydrogen) atoms. The third-order valence-electron chi connectivity index (χ3n) is 1.47. The molecule has 0 fully saturated rings. The van der Waals surface area contributed by atoms with E-state index in [4.69, 9.17) is 21.1 Å². The summed E-state index contributed by atoms with van der Waals surface area (Å²) in [6, 6.07) is 5.38. The number of halogens is 1. The Kier molecular flexibility index (Phi) is 3.90. The van der Waals surface area contributed by atoms with E-state index in [0.29, 0.717) is 18.2 Å². The Morgan fingerprint density at radius 3 is 1.85 bits per heavy atom. The van der Waals surface area contributed by atoms with E-state index in [0.717, 1.165) is 11.5 Å². The van der Waals surface area contributed by atoms with Gasteiger partial charge in [-0.25, -0.2) is 0 Å². The van der Waals surface area contributed by atoms with E-state index in [1.165, 1.54) is 0 Å². The standard InChI is InChI=1S/C10H13ClO2/c1-3-12-9-5-8(11)6-10(7-9)13-4-2/h5-7H,3-4H2,1-2H3. The van der Waals surface area contributed by atoms with Crippen molar-refractivity contribution in [2.45, 2.75) is 13.8 Å². The van der Waals surface area contributed by atoms with E-state index in [9.17, 15) is 0 Å². The summed E-state index contributed by atoms with van der Waals surface area (Å²) in [6.07, 6.45) is 0. The summed E-state index contributed by atoms with van der Waals surface area (Å²) in [5.74, 6) is 1.50. The van der Waals surface area contributed by atoms with Crippen molar-refractivity contribution in [1.29, 1.82) is 0 Å². The van der Waals surface area contributed by atoms with Gasteiger partial charge in [-0.05, 0) is 26.0 Å². The molecule has 3 heteroatoms. The Morgan fingerprint density at radius 2 is 1.46 bits per heavy atom. The quantitative estimate of drug-likeness (QED) is 0.744. The second-order valence-electron chi connectivity index (χ2n) is 2.49. The molecule has 0 aliphatic rings. The average molecular weight is 201 g/mol. The van der Waals surface area contributed by atoms with Gasteiger partial charge in [0.05, 0.1) is 13.2 Å². The molecule has 0 amide bonds. The molecule has 0 atom stereocenters. The maximum absolute atomic E-state index is 5.86.